The van der Waals surface area contributed by atoms with Crippen LogP contribution in [0.15, 0.2) is 18.2 Å². The van der Waals surface area contributed by atoms with Crippen LogP contribution < -0.4 is 4.90 Å². The van der Waals surface area contributed by atoms with Crippen molar-refractivity contribution in [2.45, 2.75) is 32.4 Å². The van der Waals surface area contributed by atoms with Gasteiger partial charge in [-0.25, -0.2) is 0 Å². The number of carbonyl (C=O) groups is 2. The molecule has 1 unspecified atom stereocenters. The quantitative estimate of drug-likeness (QED) is 0.769. The highest BCUT2D eigenvalue weighted by atomic mass is 35.5. The Hall–Kier alpha value is -1.76. The molecular formula is C18H20ClF3N2O2. The SMILES string of the molecule is CC1CCN(C(=O)C2CC(=O)N(c3ccc(Cl)cc3C(F)(F)F)C2)CC1. The summed E-state index contributed by atoms with van der Waals surface area (Å²) in [6, 6.07) is 3.32. The lowest BCUT2D eigenvalue weighted by Crippen LogP contribution is -2.42. The van der Waals surface area contributed by atoms with Gasteiger partial charge in [0, 0.05) is 31.1 Å². The number of hydrogen-bond acceptors (Lipinski definition) is 2. The highest BCUT2D eigenvalue weighted by Gasteiger charge is 2.42. The normalized spacial score (nSPS) is 22.2. The third-order valence-electron chi connectivity index (χ3n) is 5.12. The van der Waals surface area contributed by atoms with Crippen molar-refractivity contribution in [3.05, 3.63) is 28.8 Å². The fraction of sp³-hybridized carbons (Fsp3) is 0.556. The number of rotatable bonds is 2. The first-order valence-electron chi connectivity index (χ1n) is 8.62. The zero-order chi connectivity index (χ0) is 19.1. The minimum Gasteiger partial charge on any atom is -0.342 e. The van der Waals surface area contributed by atoms with Crippen LogP contribution in [0.2, 0.25) is 5.02 Å². The van der Waals surface area contributed by atoms with Gasteiger partial charge in [-0.15, -0.1) is 0 Å². The summed E-state index contributed by atoms with van der Waals surface area (Å²) in [6.07, 6.45) is -2.88. The first-order chi connectivity index (χ1) is 12.2. The summed E-state index contributed by atoms with van der Waals surface area (Å²) in [6.45, 7) is 3.37. The molecule has 0 aromatic heterocycles. The smallest absolute Gasteiger partial charge is 0.342 e. The van der Waals surface area contributed by atoms with E-state index in [1.807, 2.05) is 0 Å². The van der Waals surface area contributed by atoms with E-state index < -0.39 is 23.6 Å². The second-order valence-electron chi connectivity index (χ2n) is 7.07. The molecule has 1 aromatic rings. The molecule has 2 heterocycles. The van der Waals surface area contributed by atoms with Gasteiger partial charge in [-0.3, -0.25) is 9.59 Å². The summed E-state index contributed by atoms with van der Waals surface area (Å²) in [4.78, 5) is 27.8. The van der Waals surface area contributed by atoms with Crippen LogP contribution in [0.3, 0.4) is 0 Å². The van der Waals surface area contributed by atoms with Gasteiger partial charge in [-0.05, 0) is 37.0 Å². The summed E-state index contributed by atoms with van der Waals surface area (Å²) < 4.78 is 40.0. The molecule has 1 aromatic carbocycles. The van der Waals surface area contributed by atoms with Gasteiger partial charge in [0.05, 0.1) is 17.2 Å². The molecule has 0 N–H and O–H groups in total. The molecule has 3 rings (SSSR count). The Balaban J connectivity index is 1.79. The first kappa shape index (κ1) is 19.0. The molecule has 26 heavy (non-hydrogen) atoms. The van der Waals surface area contributed by atoms with Crippen molar-refractivity contribution in [3.63, 3.8) is 0 Å². The van der Waals surface area contributed by atoms with Gasteiger partial charge in [-0.1, -0.05) is 18.5 Å². The lowest BCUT2D eigenvalue weighted by molar-refractivity contribution is -0.137. The van der Waals surface area contributed by atoms with E-state index in [1.165, 1.54) is 12.1 Å². The summed E-state index contributed by atoms with van der Waals surface area (Å²) >= 11 is 5.69. The molecule has 2 saturated heterocycles. The minimum atomic E-state index is -4.63. The molecule has 2 aliphatic heterocycles. The lowest BCUT2D eigenvalue weighted by atomic mass is 9.97. The number of benzene rings is 1. The summed E-state index contributed by atoms with van der Waals surface area (Å²) in [5, 5.41) is -0.0530. The average molecular weight is 389 g/mol. The highest BCUT2D eigenvalue weighted by Crippen LogP contribution is 2.40. The molecule has 2 fully saturated rings. The molecule has 0 aliphatic carbocycles. The maximum Gasteiger partial charge on any atom is 0.418 e. The number of hydrogen-bond donors (Lipinski definition) is 0. The van der Waals surface area contributed by atoms with Crippen molar-refractivity contribution >= 4 is 29.1 Å². The largest absolute Gasteiger partial charge is 0.418 e. The number of nitrogens with zero attached hydrogens (tertiary/aromatic N) is 2. The van der Waals surface area contributed by atoms with Gasteiger partial charge in [0.1, 0.15) is 0 Å². The number of halogens is 4. The number of carbonyl (C=O) groups excluding carboxylic acids is 2. The number of amides is 2. The van der Waals surface area contributed by atoms with Crippen LogP contribution in [-0.4, -0.2) is 36.3 Å². The van der Waals surface area contributed by atoms with Crippen LogP contribution in [-0.2, 0) is 15.8 Å². The Bertz CT molecular complexity index is 715. The van der Waals surface area contributed by atoms with Crippen LogP contribution in [0, 0.1) is 11.8 Å². The van der Waals surface area contributed by atoms with E-state index in [2.05, 4.69) is 6.92 Å². The van der Waals surface area contributed by atoms with Crippen molar-refractivity contribution in [2.75, 3.05) is 24.5 Å². The van der Waals surface area contributed by atoms with E-state index >= 15 is 0 Å². The van der Waals surface area contributed by atoms with Gasteiger partial charge in [0.15, 0.2) is 0 Å². The van der Waals surface area contributed by atoms with Gasteiger partial charge in [0.25, 0.3) is 0 Å². The van der Waals surface area contributed by atoms with Crippen molar-refractivity contribution in [3.8, 4) is 0 Å². The predicted molar refractivity (Wildman–Crippen MR) is 91.9 cm³/mol. The minimum absolute atomic E-state index is 0.0333. The molecule has 0 saturated carbocycles. The molecule has 0 spiro atoms. The zero-order valence-corrected chi connectivity index (χ0v) is 15.1. The third-order valence-corrected chi connectivity index (χ3v) is 5.36. The zero-order valence-electron chi connectivity index (χ0n) is 14.4. The van der Waals surface area contributed by atoms with Crippen molar-refractivity contribution < 1.29 is 22.8 Å². The van der Waals surface area contributed by atoms with Gasteiger partial charge in [-0.2, -0.15) is 13.2 Å². The van der Waals surface area contributed by atoms with E-state index in [0.717, 1.165) is 23.8 Å². The second kappa shape index (κ2) is 7.10. The Morgan fingerprint density at radius 2 is 1.88 bits per heavy atom. The number of piperidine rings is 1. The molecule has 1 atom stereocenters. The maximum atomic E-state index is 13.3. The third kappa shape index (κ3) is 3.82. The Kier molecular flexibility index (Phi) is 5.19. The van der Waals surface area contributed by atoms with E-state index in [0.29, 0.717) is 19.0 Å². The van der Waals surface area contributed by atoms with Crippen LogP contribution in [0.25, 0.3) is 0 Å². The summed E-state index contributed by atoms with van der Waals surface area (Å²) in [5.74, 6) is -0.659. The molecule has 0 bridgehead atoms. The molecule has 4 nitrogen and oxygen atoms in total. The molecule has 2 amide bonds. The molecule has 8 heteroatoms. The highest BCUT2D eigenvalue weighted by molar-refractivity contribution is 6.30. The number of likely N-dealkylation sites (tertiary alicyclic amines) is 1. The first-order valence-corrected chi connectivity index (χ1v) is 9.00. The average Bonchev–Trinajstić information content (AvgIpc) is 2.96. The second-order valence-corrected chi connectivity index (χ2v) is 7.51. The maximum absolute atomic E-state index is 13.3. The topological polar surface area (TPSA) is 40.6 Å². The van der Waals surface area contributed by atoms with Gasteiger partial charge in [0.2, 0.25) is 11.8 Å². The van der Waals surface area contributed by atoms with Crippen molar-refractivity contribution in [1.29, 1.82) is 0 Å². The number of anilines is 1. The van der Waals surface area contributed by atoms with Crippen LogP contribution in [0.1, 0.15) is 31.7 Å². The van der Waals surface area contributed by atoms with Crippen LogP contribution >= 0.6 is 11.6 Å². The predicted octanol–water partition coefficient (Wildman–Crippen LogP) is 3.97. The van der Waals surface area contributed by atoms with E-state index in [1.54, 1.807) is 4.90 Å². The fourth-order valence-corrected chi connectivity index (χ4v) is 3.74. The van der Waals surface area contributed by atoms with Gasteiger partial charge < -0.3 is 9.80 Å². The van der Waals surface area contributed by atoms with E-state index in [9.17, 15) is 22.8 Å². The molecule has 142 valence electrons. The molecule has 0 radical (unpaired) electrons. The Morgan fingerprint density at radius 1 is 1.23 bits per heavy atom. The monoisotopic (exact) mass is 388 g/mol. The lowest BCUT2D eigenvalue weighted by Gasteiger charge is -2.32. The van der Waals surface area contributed by atoms with Crippen LogP contribution in [0.5, 0.6) is 0 Å². The van der Waals surface area contributed by atoms with E-state index in [4.69, 9.17) is 11.6 Å². The fourth-order valence-electron chi connectivity index (χ4n) is 3.56. The molecule has 2 aliphatic rings. The standard InChI is InChI=1S/C18H20ClF3N2O2/c1-11-4-6-23(7-5-11)17(26)12-8-16(25)24(10-12)15-3-2-13(19)9-14(15)18(20,21)22/h2-3,9,11-12H,4-8,10H2,1H3. The number of alkyl halides is 3. The van der Waals surface area contributed by atoms with Crippen molar-refractivity contribution in [1.82, 2.24) is 4.90 Å². The van der Waals surface area contributed by atoms with E-state index in [-0.39, 0.29) is 29.6 Å². The Labute approximate surface area is 154 Å². The Morgan fingerprint density at radius 3 is 2.50 bits per heavy atom. The van der Waals surface area contributed by atoms with Crippen LogP contribution in [0.4, 0.5) is 18.9 Å². The van der Waals surface area contributed by atoms with Gasteiger partial charge >= 0.3 is 6.18 Å². The van der Waals surface area contributed by atoms with Crippen molar-refractivity contribution in [2.24, 2.45) is 11.8 Å². The summed E-state index contributed by atoms with van der Waals surface area (Å²) in [5.41, 5.74) is -1.20. The summed E-state index contributed by atoms with van der Waals surface area (Å²) in [7, 11) is 0. The molecular weight excluding hydrogens is 369 g/mol.